The average molecular weight is 522 g/mol. The van der Waals surface area contributed by atoms with Crippen LogP contribution in [0.25, 0.3) is 22.3 Å². The predicted molar refractivity (Wildman–Crippen MR) is 143 cm³/mol. The van der Waals surface area contributed by atoms with E-state index in [1.807, 2.05) is 59.5 Å². The van der Waals surface area contributed by atoms with E-state index in [0.717, 1.165) is 0 Å². The van der Waals surface area contributed by atoms with Crippen LogP contribution in [0.15, 0.2) is 135 Å². The van der Waals surface area contributed by atoms with Gasteiger partial charge in [0.15, 0.2) is 0 Å². The minimum absolute atomic E-state index is 0.210. The van der Waals surface area contributed by atoms with Gasteiger partial charge in [0, 0.05) is 22.3 Å². The second-order valence-corrected chi connectivity index (χ2v) is 12.7. The molecule has 2 aliphatic rings. The van der Waals surface area contributed by atoms with Gasteiger partial charge in [-0.2, -0.15) is 0 Å². The van der Waals surface area contributed by atoms with E-state index in [0.29, 0.717) is 44.2 Å². The van der Waals surface area contributed by atoms with Crippen LogP contribution in [0.2, 0.25) is 0 Å². The Kier molecular flexibility index (Phi) is 4.55. The third-order valence-corrected chi connectivity index (χ3v) is 10.7. The molecular weight excluding hydrogens is 502 g/mol. The molecule has 7 heteroatoms. The Labute approximate surface area is 215 Å². The van der Waals surface area contributed by atoms with Gasteiger partial charge < -0.3 is 4.90 Å². The van der Waals surface area contributed by atoms with E-state index in [-0.39, 0.29) is 14.7 Å². The molecule has 5 nitrogen and oxygen atoms in total. The molecule has 0 radical (unpaired) electrons. The highest BCUT2D eigenvalue weighted by atomic mass is 32.2. The quantitative estimate of drug-likeness (QED) is 0.251. The van der Waals surface area contributed by atoms with E-state index in [4.69, 9.17) is 0 Å². The first-order valence-electron chi connectivity index (χ1n) is 11.7. The van der Waals surface area contributed by atoms with Crippen molar-refractivity contribution in [1.29, 1.82) is 0 Å². The molecule has 0 unspecified atom stereocenters. The Morgan fingerprint density at radius 1 is 0.378 bits per heavy atom. The zero-order valence-corrected chi connectivity index (χ0v) is 21.0. The maximum Gasteiger partial charge on any atom is 0.210 e. The smallest absolute Gasteiger partial charge is 0.210 e. The topological polar surface area (TPSA) is 71.5 Å². The van der Waals surface area contributed by atoms with Crippen LogP contribution >= 0.6 is 0 Å². The van der Waals surface area contributed by atoms with Crippen molar-refractivity contribution in [2.75, 3.05) is 4.90 Å². The summed E-state index contributed by atoms with van der Waals surface area (Å²) in [4.78, 5) is 2.91. The Morgan fingerprint density at radius 2 is 0.811 bits per heavy atom. The lowest BCUT2D eigenvalue weighted by molar-refractivity contribution is 0.594. The molecule has 0 spiro atoms. The summed E-state index contributed by atoms with van der Waals surface area (Å²) in [6.07, 6.45) is 0. The van der Waals surface area contributed by atoms with Gasteiger partial charge in [0.25, 0.3) is 0 Å². The molecule has 0 fully saturated rings. The molecule has 37 heavy (non-hydrogen) atoms. The van der Waals surface area contributed by atoms with Crippen LogP contribution in [0.3, 0.4) is 0 Å². The van der Waals surface area contributed by atoms with Crippen LogP contribution in [0.1, 0.15) is 0 Å². The highest BCUT2D eigenvalue weighted by molar-refractivity contribution is 7.92. The van der Waals surface area contributed by atoms with Crippen LogP contribution in [-0.2, 0) is 19.7 Å². The van der Waals surface area contributed by atoms with Gasteiger partial charge in [0.05, 0.1) is 36.6 Å². The summed E-state index contributed by atoms with van der Waals surface area (Å²) in [5.41, 5.74) is 4.37. The molecule has 5 aromatic carbocycles. The van der Waals surface area contributed by atoms with Crippen molar-refractivity contribution in [3.8, 4) is 22.3 Å². The molecule has 0 bridgehead atoms. The maximum atomic E-state index is 13.7. The summed E-state index contributed by atoms with van der Waals surface area (Å²) in [6, 6.07) is 33.9. The number of rotatable bonds is 2. The molecule has 0 amide bonds. The van der Waals surface area contributed by atoms with Crippen molar-refractivity contribution < 1.29 is 16.8 Å². The molecular formula is C30H19NO4S2. The van der Waals surface area contributed by atoms with Gasteiger partial charge in [0.1, 0.15) is 0 Å². The van der Waals surface area contributed by atoms with E-state index >= 15 is 0 Å². The molecule has 180 valence electrons. The predicted octanol–water partition coefficient (Wildman–Crippen LogP) is 6.78. The molecule has 0 aromatic heterocycles. The Hall–Kier alpha value is -4.20. The normalized spacial score (nSPS) is 15.8. The van der Waals surface area contributed by atoms with Crippen LogP contribution < -0.4 is 4.90 Å². The molecule has 0 saturated heterocycles. The van der Waals surface area contributed by atoms with E-state index in [1.54, 1.807) is 60.7 Å². The highest BCUT2D eigenvalue weighted by Crippen LogP contribution is 2.53. The van der Waals surface area contributed by atoms with Crippen molar-refractivity contribution in [1.82, 2.24) is 0 Å². The summed E-state index contributed by atoms with van der Waals surface area (Å²) in [5, 5.41) is 0. The van der Waals surface area contributed by atoms with Crippen molar-refractivity contribution in [3.05, 3.63) is 115 Å². The molecule has 0 N–H and O–H groups in total. The summed E-state index contributed by atoms with van der Waals surface area (Å²) in [5.74, 6) is 0. The summed E-state index contributed by atoms with van der Waals surface area (Å²) >= 11 is 0. The van der Waals surface area contributed by atoms with E-state index in [9.17, 15) is 16.8 Å². The van der Waals surface area contributed by atoms with Gasteiger partial charge in [-0.25, -0.2) is 16.8 Å². The Morgan fingerprint density at radius 3 is 1.43 bits per heavy atom. The fourth-order valence-electron chi connectivity index (χ4n) is 5.43. The van der Waals surface area contributed by atoms with Crippen LogP contribution in [0, 0.1) is 0 Å². The number of hydrogen-bond acceptors (Lipinski definition) is 5. The number of nitrogens with zero attached hydrogens (tertiary/aromatic N) is 1. The summed E-state index contributed by atoms with van der Waals surface area (Å²) < 4.78 is 54.5. The lowest BCUT2D eigenvalue weighted by atomic mass is 9.97. The zero-order valence-electron chi connectivity index (χ0n) is 19.4. The van der Waals surface area contributed by atoms with Crippen LogP contribution in [0.5, 0.6) is 0 Å². The minimum Gasteiger partial charge on any atom is -0.307 e. The number of sulfone groups is 2. The highest BCUT2D eigenvalue weighted by Gasteiger charge is 2.38. The van der Waals surface area contributed by atoms with Crippen molar-refractivity contribution in [3.63, 3.8) is 0 Å². The molecule has 2 heterocycles. The Bertz CT molecular complexity index is 1930. The number of anilines is 3. The lowest BCUT2D eigenvalue weighted by Crippen LogP contribution is -2.22. The van der Waals surface area contributed by atoms with Gasteiger partial charge in [-0.1, -0.05) is 78.9 Å². The number of hydrogen-bond donors (Lipinski definition) is 0. The van der Waals surface area contributed by atoms with Crippen molar-refractivity contribution >= 4 is 36.7 Å². The summed E-state index contributed by atoms with van der Waals surface area (Å²) in [7, 11) is -7.47. The number of benzene rings is 5. The third-order valence-electron chi connectivity index (χ3n) is 6.98. The monoisotopic (exact) mass is 521 g/mol. The van der Waals surface area contributed by atoms with Crippen molar-refractivity contribution in [2.45, 2.75) is 19.6 Å². The standard InChI is InChI=1S/C30H19NO4S2/c32-36(33)28-18-7-4-15-25(28)31(26-16-5-8-19-29(26)36)24-14-3-1-10-20(24)22-12-9-13-23-21-11-2-6-17-27(21)37(34,35)30(22)23/h1-19H. The second kappa shape index (κ2) is 7.65. The zero-order chi connectivity index (χ0) is 25.4. The molecule has 0 aliphatic carbocycles. The molecule has 0 saturated carbocycles. The lowest BCUT2D eigenvalue weighted by Gasteiger charge is -2.34. The average Bonchev–Trinajstić information content (AvgIpc) is 3.16. The molecule has 0 atom stereocenters. The second-order valence-electron chi connectivity index (χ2n) is 8.97. The van der Waals surface area contributed by atoms with E-state index < -0.39 is 19.7 Å². The van der Waals surface area contributed by atoms with Gasteiger partial charge >= 0.3 is 0 Å². The van der Waals surface area contributed by atoms with Crippen LogP contribution in [0.4, 0.5) is 17.1 Å². The third kappa shape index (κ3) is 2.95. The largest absolute Gasteiger partial charge is 0.307 e. The van der Waals surface area contributed by atoms with Gasteiger partial charge in [-0.05, 0) is 36.4 Å². The first-order valence-corrected chi connectivity index (χ1v) is 14.7. The maximum absolute atomic E-state index is 13.7. The number of para-hydroxylation sites is 3. The first-order chi connectivity index (χ1) is 17.9. The van der Waals surface area contributed by atoms with E-state index in [2.05, 4.69) is 0 Å². The fraction of sp³-hybridized carbons (Fsp3) is 0. The van der Waals surface area contributed by atoms with Crippen molar-refractivity contribution in [2.24, 2.45) is 0 Å². The van der Waals surface area contributed by atoms with Gasteiger partial charge in [-0.15, -0.1) is 0 Å². The van der Waals surface area contributed by atoms with E-state index in [1.165, 1.54) is 0 Å². The molecule has 2 aliphatic heterocycles. The number of fused-ring (bicyclic) bond motifs is 5. The van der Waals surface area contributed by atoms with Gasteiger partial charge in [-0.3, -0.25) is 0 Å². The molecule has 5 aromatic rings. The first kappa shape index (κ1) is 22.0. The van der Waals surface area contributed by atoms with Gasteiger partial charge in [0.2, 0.25) is 19.7 Å². The van der Waals surface area contributed by atoms with Crippen LogP contribution in [-0.4, -0.2) is 16.8 Å². The minimum atomic E-state index is -3.75. The molecule has 7 rings (SSSR count). The fourth-order valence-corrected chi connectivity index (χ4v) is 8.93. The summed E-state index contributed by atoms with van der Waals surface area (Å²) in [6.45, 7) is 0. The SMILES string of the molecule is O=S1(=O)c2ccccc2N(c2ccccc2-c2cccc3c2S(=O)(=O)c2ccccc2-3)c2ccccc21. The Balaban J connectivity index is 1.54.